The quantitative estimate of drug-likeness (QED) is 0.160. The summed E-state index contributed by atoms with van der Waals surface area (Å²) in [6.07, 6.45) is 0. The lowest BCUT2D eigenvalue weighted by atomic mass is 9.97. The number of benzene rings is 9. The normalized spacial score (nSPS) is 11.6. The van der Waals surface area contributed by atoms with Gasteiger partial charge < -0.3 is 9.30 Å². The molecule has 56 heavy (non-hydrogen) atoms. The van der Waals surface area contributed by atoms with Gasteiger partial charge in [-0.3, -0.25) is 0 Å². The fourth-order valence-electron chi connectivity index (χ4n) is 8.59. The Labute approximate surface area is 326 Å². The summed E-state index contributed by atoms with van der Waals surface area (Å²) in [5.41, 5.74) is 16.8. The van der Waals surface area contributed by atoms with Crippen LogP contribution in [0.1, 0.15) is 0 Å². The van der Waals surface area contributed by atoms with E-state index in [2.05, 4.69) is 228 Å². The maximum absolute atomic E-state index is 2.44. The standard InChI is InChI=1S/C54H36N2/c1-3-11-37(12-4-1)40-23-29-45(30-24-40)55(46-31-25-41(26-32-46)38-13-5-2-6-14-38)47-33-27-42(28-34-47)39-19-21-43(22-20-39)44-35-50-48-15-7-9-17-52(48)56-53-18-10-8-16-49(53)51(36-44)54(50)56/h1-36H. The van der Waals surface area contributed by atoms with Crippen molar-refractivity contribution < 1.29 is 0 Å². The molecule has 9 aromatic carbocycles. The van der Waals surface area contributed by atoms with Crippen LogP contribution in [0.25, 0.3) is 82.6 Å². The molecule has 0 aliphatic rings. The number of para-hydroxylation sites is 2. The number of fused-ring (bicyclic) bond motifs is 6. The Morgan fingerprint density at radius 2 is 0.554 bits per heavy atom. The minimum absolute atomic E-state index is 1.11. The van der Waals surface area contributed by atoms with Gasteiger partial charge in [0.05, 0.1) is 16.6 Å². The molecule has 0 aliphatic heterocycles. The van der Waals surface area contributed by atoms with Crippen LogP contribution in [0, 0.1) is 0 Å². The molecule has 0 spiro atoms. The van der Waals surface area contributed by atoms with Crippen molar-refractivity contribution in [3.05, 3.63) is 218 Å². The summed E-state index contributed by atoms with van der Waals surface area (Å²) in [6, 6.07) is 79.2. The Morgan fingerprint density at radius 1 is 0.250 bits per heavy atom. The van der Waals surface area contributed by atoms with Crippen molar-refractivity contribution in [2.45, 2.75) is 0 Å². The van der Waals surface area contributed by atoms with E-state index >= 15 is 0 Å². The van der Waals surface area contributed by atoms with E-state index in [1.165, 1.54) is 82.6 Å². The summed E-state index contributed by atoms with van der Waals surface area (Å²) < 4.78 is 2.44. The molecule has 0 aliphatic carbocycles. The summed E-state index contributed by atoms with van der Waals surface area (Å²) in [6.45, 7) is 0. The maximum atomic E-state index is 2.44. The van der Waals surface area contributed by atoms with Gasteiger partial charge in [-0.15, -0.1) is 0 Å². The largest absolute Gasteiger partial charge is 0.311 e. The number of nitrogens with zero attached hydrogens (tertiary/aromatic N) is 2. The van der Waals surface area contributed by atoms with Crippen molar-refractivity contribution in [3.8, 4) is 44.5 Å². The highest BCUT2D eigenvalue weighted by molar-refractivity contribution is 6.24. The topological polar surface area (TPSA) is 7.65 Å². The molecule has 2 aromatic heterocycles. The van der Waals surface area contributed by atoms with Gasteiger partial charge in [-0.2, -0.15) is 0 Å². The molecule has 0 N–H and O–H groups in total. The predicted molar refractivity (Wildman–Crippen MR) is 238 cm³/mol. The first-order valence-corrected chi connectivity index (χ1v) is 19.3. The molecule has 0 unspecified atom stereocenters. The average molecular weight is 713 g/mol. The Balaban J connectivity index is 0.937. The average Bonchev–Trinajstić information content (AvgIpc) is 3.80. The van der Waals surface area contributed by atoms with Crippen molar-refractivity contribution in [2.75, 3.05) is 4.90 Å². The number of aromatic nitrogens is 1. The molecule has 0 amide bonds. The summed E-state index contributed by atoms with van der Waals surface area (Å²) in [7, 11) is 0. The molecule has 2 heterocycles. The van der Waals surface area contributed by atoms with Gasteiger partial charge in [0.2, 0.25) is 0 Å². The van der Waals surface area contributed by atoms with Gasteiger partial charge in [-0.05, 0) is 105 Å². The predicted octanol–water partition coefficient (Wildman–Crippen LogP) is 15.0. The van der Waals surface area contributed by atoms with E-state index in [9.17, 15) is 0 Å². The molecule has 0 radical (unpaired) electrons. The van der Waals surface area contributed by atoms with Crippen LogP contribution in [0.3, 0.4) is 0 Å². The zero-order chi connectivity index (χ0) is 37.0. The second kappa shape index (κ2) is 13.2. The third-order valence-corrected chi connectivity index (χ3v) is 11.3. The van der Waals surface area contributed by atoms with Crippen molar-refractivity contribution >= 4 is 55.2 Å². The third-order valence-electron chi connectivity index (χ3n) is 11.3. The zero-order valence-electron chi connectivity index (χ0n) is 30.7. The van der Waals surface area contributed by atoms with Crippen molar-refractivity contribution in [3.63, 3.8) is 0 Å². The van der Waals surface area contributed by atoms with Gasteiger partial charge in [0, 0.05) is 38.6 Å². The first kappa shape index (κ1) is 32.0. The zero-order valence-corrected chi connectivity index (χ0v) is 30.7. The van der Waals surface area contributed by atoms with Crippen LogP contribution < -0.4 is 4.90 Å². The van der Waals surface area contributed by atoms with Gasteiger partial charge in [-0.25, -0.2) is 0 Å². The maximum Gasteiger partial charge on any atom is 0.0620 e. The highest BCUT2D eigenvalue weighted by atomic mass is 15.1. The van der Waals surface area contributed by atoms with Crippen molar-refractivity contribution in [1.29, 1.82) is 0 Å². The molecule has 2 nitrogen and oxygen atoms in total. The molecule has 0 bridgehead atoms. The van der Waals surface area contributed by atoms with Crippen LogP contribution >= 0.6 is 0 Å². The second-order valence-corrected chi connectivity index (χ2v) is 14.6. The molecule has 2 heteroatoms. The van der Waals surface area contributed by atoms with Gasteiger partial charge in [-0.1, -0.05) is 158 Å². The van der Waals surface area contributed by atoms with Crippen LogP contribution in [-0.4, -0.2) is 4.40 Å². The van der Waals surface area contributed by atoms with E-state index in [4.69, 9.17) is 0 Å². The van der Waals surface area contributed by atoms with E-state index in [0.717, 1.165) is 17.1 Å². The third kappa shape index (κ3) is 5.34. The minimum atomic E-state index is 1.11. The summed E-state index contributed by atoms with van der Waals surface area (Å²) in [5.74, 6) is 0. The monoisotopic (exact) mass is 712 g/mol. The Bertz CT molecular complexity index is 2960. The minimum Gasteiger partial charge on any atom is -0.311 e. The molecule has 0 saturated heterocycles. The van der Waals surface area contributed by atoms with Crippen LogP contribution in [0.4, 0.5) is 17.1 Å². The van der Waals surface area contributed by atoms with Gasteiger partial charge in [0.1, 0.15) is 0 Å². The van der Waals surface area contributed by atoms with Crippen molar-refractivity contribution in [2.24, 2.45) is 0 Å². The first-order chi connectivity index (χ1) is 27.8. The van der Waals surface area contributed by atoms with Crippen molar-refractivity contribution in [1.82, 2.24) is 4.40 Å². The second-order valence-electron chi connectivity index (χ2n) is 14.6. The smallest absolute Gasteiger partial charge is 0.0620 e. The lowest BCUT2D eigenvalue weighted by Crippen LogP contribution is -2.09. The Morgan fingerprint density at radius 3 is 0.946 bits per heavy atom. The molecule has 11 rings (SSSR count). The van der Waals surface area contributed by atoms with Gasteiger partial charge in [0.15, 0.2) is 0 Å². The van der Waals surface area contributed by atoms with Crippen LogP contribution in [0.15, 0.2) is 218 Å². The summed E-state index contributed by atoms with van der Waals surface area (Å²) in [4.78, 5) is 2.34. The van der Waals surface area contributed by atoms with E-state index in [0.29, 0.717) is 0 Å². The number of rotatable bonds is 7. The van der Waals surface area contributed by atoms with E-state index < -0.39 is 0 Å². The summed E-state index contributed by atoms with van der Waals surface area (Å²) in [5, 5.41) is 5.20. The SMILES string of the molecule is c1ccc(-c2ccc(N(c3ccc(-c4ccccc4)cc3)c3ccc(-c4ccc(-c5cc6c7ccccc7n7c8ccccc8c(c5)c67)cc4)cc3)cc2)cc1. The Hall–Kier alpha value is -7.42. The number of hydrogen-bond acceptors (Lipinski definition) is 1. The van der Waals surface area contributed by atoms with E-state index in [1.807, 2.05) is 0 Å². The molecule has 11 aromatic rings. The Kier molecular flexibility index (Phi) is 7.53. The first-order valence-electron chi connectivity index (χ1n) is 19.3. The summed E-state index contributed by atoms with van der Waals surface area (Å²) >= 11 is 0. The fourth-order valence-corrected chi connectivity index (χ4v) is 8.59. The van der Waals surface area contributed by atoms with Gasteiger partial charge in [0.25, 0.3) is 0 Å². The molecular formula is C54H36N2. The molecule has 0 saturated carbocycles. The molecular weight excluding hydrogens is 677 g/mol. The van der Waals surface area contributed by atoms with E-state index in [1.54, 1.807) is 0 Å². The highest BCUT2D eigenvalue weighted by Crippen LogP contribution is 2.42. The number of hydrogen-bond donors (Lipinski definition) is 0. The lowest BCUT2D eigenvalue weighted by Gasteiger charge is -2.26. The van der Waals surface area contributed by atoms with Crippen LogP contribution in [0.5, 0.6) is 0 Å². The molecule has 0 atom stereocenters. The van der Waals surface area contributed by atoms with Crippen LogP contribution in [-0.2, 0) is 0 Å². The van der Waals surface area contributed by atoms with Gasteiger partial charge >= 0.3 is 0 Å². The fraction of sp³-hybridized carbons (Fsp3) is 0. The molecule has 0 fully saturated rings. The van der Waals surface area contributed by atoms with Crippen LogP contribution in [0.2, 0.25) is 0 Å². The highest BCUT2D eigenvalue weighted by Gasteiger charge is 2.19. The number of anilines is 3. The van der Waals surface area contributed by atoms with E-state index in [-0.39, 0.29) is 0 Å². The molecule has 262 valence electrons. The lowest BCUT2D eigenvalue weighted by molar-refractivity contribution is 1.28.